The number of nitrogens with zero attached hydrogens (tertiary/aromatic N) is 3. The van der Waals surface area contributed by atoms with Gasteiger partial charge in [0, 0.05) is 32.6 Å². The first kappa shape index (κ1) is 9.99. The highest BCUT2D eigenvalue weighted by Gasteiger charge is 2.16. The first-order valence-electron chi connectivity index (χ1n) is 5.82. The molecule has 0 aromatic carbocycles. The molecule has 2 aliphatic rings. The van der Waals surface area contributed by atoms with Crippen molar-refractivity contribution in [3.8, 4) is 0 Å². The Labute approximate surface area is 94.8 Å². The lowest BCUT2D eigenvalue weighted by molar-refractivity contribution is 0.122. The Balaban J connectivity index is 1.84. The summed E-state index contributed by atoms with van der Waals surface area (Å²) in [6.45, 7) is 5.34. The molecule has 0 amide bonds. The third-order valence-electron chi connectivity index (χ3n) is 3.14. The van der Waals surface area contributed by atoms with Crippen LogP contribution in [-0.4, -0.2) is 43.0 Å². The molecule has 5 nitrogen and oxygen atoms in total. The number of fused-ring (bicyclic) bond motifs is 1. The van der Waals surface area contributed by atoms with Crippen LogP contribution in [0.25, 0.3) is 0 Å². The zero-order chi connectivity index (χ0) is 10.8. The van der Waals surface area contributed by atoms with Crippen LogP contribution in [0.15, 0.2) is 6.07 Å². The summed E-state index contributed by atoms with van der Waals surface area (Å²) in [5.74, 6) is 0.991. The molecule has 0 bridgehead atoms. The lowest BCUT2D eigenvalue weighted by atomic mass is 10.1. The fourth-order valence-corrected chi connectivity index (χ4v) is 2.18. The molecule has 1 aromatic heterocycles. The van der Waals surface area contributed by atoms with Crippen LogP contribution in [0, 0.1) is 0 Å². The fraction of sp³-hybridized carbons (Fsp3) is 0.636. The van der Waals surface area contributed by atoms with E-state index in [4.69, 9.17) is 4.74 Å². The molecule has 2 aliphatic heterocycles. The average molecular weight is 220 g/mol. The van der Waals surface area contributed by atoms with Gasteiger partial charge in [-0.3, -0.25) is 0 Å². The molecule has 16 heavy (non-hydrogen) atoms. The van der Waals surface area contributed by atoms with E-state index < -0.39 is 0 Å². The Morgan fingerprint density at radius 3 is 3.00 bits per heavy atom. The molecule has 3 rings (SSSR count). The first-order valence-corrected chi connectivity index (χ1v) is 5.82. The quantitative estimate of drug-likeness (QED) is 0.719. The van der Waals surface area contributed by atoms with Crippen molar-refractivity contribution in [2.75, 3.05) is 37.7 Å². The van der Waals surface area contributed by atoms with Gasteiger partial charge in [-0.05, 0) is 11.6 Å². The SMILES string of the molecule is c1c(N2CCOCC2)nnc2c1CNCC2. The van der Waals surface area contributed by atoms with Gasteiger partial charge in [-0.2, -0.15) is 5.10 Å². The minimum Gasteiger partial charge on any atom is -0.378 e. The number of anilines is 1. The van der Waals surface area contributed by atoms with E-state index >= 15 is 0 Å². The number of morpholine rings is 1. The number of hydrogen-bond acceptors (Lipinski definition) is 5. The lowest BCUT2D eigenvalue weighted by Crippen LogP contribution is -2.37. The second kappa shape index (κ2) is 4.35. The van der Waals surface area contributed by atoms with Gasteiger partial charge in [0.15, 0.2) is 5.82 Å². The molecular formula is C11H16N4O. The Bertz CT molecular complexity index is 376. The molecule has 86 valence electrons. The molecule has 0 atom stereocenters. The largest absolute Gasteiger partial charge is 0.378 e. The highest BCUT2D eigenvalue weighted by Crippen LogP contribution is 2.17. The van der Waals surface area contributed by atoms with Crippen molar-refractivity contribution in [2.45, 2.75) is 13.0 Å². The Hall–Kier alpha value is -1.20. The van der Waals surface area contributed by atoms with Crippen molar-refractivity contribution >= 4 is 5.82 Å². The summed E-state index contributed by atoms with van der Waals surface area (Å²) in [4.78, 5) is 2.24. The van der Waals surface area contributed by atoms with Gasteiger partial charge >= 0.3 is 0 Å². The van der Waals surface area contributed by atoms with Gasteiger partial charge in [-0.25, -0.2) is 0 Å². The van der Waals surface area contributed by atoms with Crippen LogP contribution in [0.2, 0.25) is 0 Å². The first-order chi connectivity index (χ1) is 7.93. The third-order valence-corrected chi connectivity index (χ3v) is 3.14. The van der Waals surface area contributed by atoms with Crippen LogP contribution in [0.4, 0.5) is 5.82 Å². The molecule has 5 heteroatoms. The number of aromatic nitrogens is 2. The Morgan fingerprint density at radius 2 is 2.12 bits per heavy atom. The van der Waals surface area contributed by atoms with Gasteiger partial charge in [-0.15, -0.1) is 5.10 Å². The minimum atomic E-state index is 0.789. The number of rotatable bonds is 1. The van der Waals surface area contributed by atoms with Crippen molar-refractivity contribution in [2.24, 2.45) is 0 Å². The van der Waals surface area contributed by atoms with Gasteiger partial charge in [0.25, 0.3) is 0 Å². The average Bonchev–Trinajstić information content (AvgIpc) is 2.39. The highest BCUT2D eigenvalue weighted by molar-refractivity contribution is 5.42. The topological polar surface area (TPSA) is 50.3 Å². The number of hydrogen-bond donors (Lipinski definition) is 1. The van der Waals surface area contributed by atoms with E-state index in [0.29, 0.717) is 0 Å². The van der Waals surface area contributed by atoms with Crippen LogP contribution in [0.1, 0.15) is 11.3 Å². The zero-order valence-electron chi connectivity index (χ0n) is 9.28. The lowest BCUT2D eigenvalue weighted by Gasteiger charge is -2.28. The normalized spacial score (nSPS) is 20.6. The standard InChI is InChI=1S/C11H16N4O/c1-2-12-8-9-7-11(14-13-10(1)9)15-3-5-16-6-4-15/h7,12H,1-6,8H2. The van der Waals surface area contributed by atoms with Crippen LogP contribution in [-0.2, 0) is 17.7 Å². The van der Waals surface area contributed by atoms with E-state index in [1.165, 1.54) is 5.56 Å². The summed E-state index contributed by atoms with van der Waals surface area (Å²) in [6, 6.07) is 2.17. The van der Waals surface area contributed by atoms with Crippen LogP contribution in [0.5, 0.6) is 0 Å². The Morgan fingerprint density at radius 1 is 1.25 bits per heavy atom. The summed E-state index contributed by atoms with van der Waals surface area (Å²) >= 11 is 0. The van der Waals surface area contributed by atoms with E-state index in [0.717, 1.165) is 57.3 Å². The van der Waals surface area contributed by atoms with E-state index in [1.807, 2.05) is 0 Å². The summed E-state index contributed by atoms with van der Waals surface area (Å²) in [6.07, 6.45) is 0.992. The van der Waals surface area contributed by atoms with Crippen molar-refractivity contribution < 1.29 is 4.74 Å². The molecule has 0 radical (unpaired) electrons. The monoisotopic (exact) mass is 220 g/mol. The van der Waals surface area contributed by atoms with Crippen LogP contribution >= 0.6 is 0 Å². The molecule has 1 fully saturated rings. The van der Waals surface area contributed by atoms with Gasteiger partial charge in [-0.1, -0.05) is 0 Å². The van der Waals surface area contributed by atoms with Crippen molar-refractivity contribution in [1.82, 2.24) is 15.5 Å². The van der Waals surface area contributed by atoms with Gasteiger partial charge < -0.3 is 15.0 Å². The van der Waals surface area contributed by atoms with E-state index in [-0.39, 0.29) is 0 Å². The fourth-order valence-electron chi connectivity index (χ4n) is 2.18. The molecule has 1 N–H and O–H groups in total. The van der Waals surface area contributed by atoms with Crippen LogP contribution < -0.4 is 10.2 Å². The van der Waals surface area contributed by atoms with Crippen molar-refractivity contribution in [3.05, 3.63) is 17.3 Å². The van der Waals surface area contributed by atoms with E-state index in [1.54, 1.807) is 0 Å². The molecule has 0 unspecified atom stereocenters. The number of ether oxygens (including phenoxy) is 1. The number of nitrogens with one attached hydrogen (secondary N) is 1. The predicted molar refractivity (Wildman–Crippen MR) is 60.5 cm³/mol. The van der Waals surface area contributed by atoms with Crippen molar-refractivity contribution in [3.63, 3.8) is 0 Å². The molecule has 3 heterocycles. The summed E-state index contributed by atoms with van der Waals surface area (Å²) in [5.41, 5.74) is 2.44. The van der Waals surface area contributed by atoms with Gasteiger partial charge in [0.1, 0.15) is 0 Å². The zero-order valence-corrected chi connectivity index (χ0v) is 9.28. The molecule has 0 spiro atoms. The Kier molecular flexibility index (Phi) is 2.71. The second-order valence-electron chi connectivity index (χ2n) is 4.20. The van der Waals surface area contributed by atoms with Crippen LogP contribution in [0.3, 0.4) is 0 Å². The van der Waals surface area contributed by atoms with Crippen molar-refractivity contribution in [1.29, 1.82) is 0 Å². The minimum absolute atomic E-state index is 0.789. The highest BCUT2D eigenvalue weighted by atomic mass is 16.5. The summed E-state index contributed by atoms with van der Waals surface area (Å²) in [5, 5.41) is 12.0. The smallest absolute Gasteiger partial charge is 0.151 e. The maximum atomic E-state index is 5.33. The summed E-state index contributed by atoms with van der Waals surface area (Å²) in [7, 11) is 0. The van der Waals surface area contributed by atoms with Gasteiger partial charge in [0.05, 0.1) is 18.9 Å². The molecule has 0 aliphatic carbocycles. The summed E-state index contributed by atoms with van der Waals surface area (Å²) < 4.78 is 5.33. The molecule has 0 saturated carbocycles. The molecule has 1 saturated heterocycles. The maximum Gasteiger partial charge on any atom is 0.151 e. The van der Waals surface area contributed by atoms with E-state index in [2.05, 4.69) is 26.5 Å². The van der Waals surface area contributed by atoms with Gasteiger partial charge in [0.2, 0.25) is 0 Å². The van der Waals surface area contributed by atoms with E-state index in [9.17, 15) is 0 Å². The maximum absolute atomic E-state index is 5.33. The second-order valence-corrected chi connectivity index (χ2v) is 4.20. The molecular weight excluding hydrogens is 204 g/mol. The third kappa shape index (κ3) is 1.88. The predicted octanol–water partition coefficient (Wildman–Crippen LogP) is -0.0411. The molecule has 1 aromatic rings.